The Balaban J connectivity index is 1.26. The summed E-state index contributed by atoms with van der Waals surface area (Å²) in [5.41, 5.74) is 1.70. The first-order chi connectivity index (χ1) is 15.6. The molecule has 8 nitrogen and oxygen atoms in total. The summed E-state index contributed by atoms with van der Waals surface area (Å²) in [4.78, 5) is 22.9. The number of anilines is 1. The highest BCUT2D eigenvalue weighted by atomic mass is 16.5. The van der Waals surface area contributed by atoms with Crippen LogP contribution in [0.15, 0.2) is 54.9 Å². The Kier molecular flexibility index (Phi) is 7.26. The van der Waals surface area contributed by atoms with Gasteiger partial charge in [0.2, 0.25) is 5.91 Å². The van der Waals surface area contributed by atoms with Crippen molar-refractivity contribution in [1.82, 2.24) is 20.2 Å². The summed E-state index contributed by atoms with van der Waals surface area (Å²) in [5.74, 6) is 1.14. The molecule has 1 aliphatic rings. The monoisotopic (exact) mass is 435 g/mol. The van der Waals surface area contributed by atoms with E-state index in [1.807, 2.05) is 36.4 Å². The minimum absolute atomic E-state index is 0.0958. The van der Waals surface area contributed by atoms with Crippen LogP contribution in [0, 0.1) is 0 Å². The predicted octanol–water partition coefficient (Wildman–Crippen LogP) is 2.36. The molecular weight excluding hydrogens is 406 g/mol. The average molecular weight is 436 g/mol. The number of rotatable bonds is 8. The van der Waals surface area contributed by atoms with E-state index in [0.29, 0.717) is 18.1 Å². The van der Waals surface area contributed by atoms with Crippen molar-refractivity contribution in [2.45, 2.75) is 25.0 Å². The molecule has 1 fully saturated rings. The lowest BCUT2D eigenvalue weighted by Gasteiger charge is -2.33. The zero-order chi connectivity index (χ0) is 22.3. The molecule has 1 unspecified atom stereocenters. The van der Waals surface area contributed by atoms with Crippen LogP contribution in [0.25, 0.3) is 10.9 Å². The van der Waals surface area contributed by atoms with Crippen LogP contribution in [0.2, 0.25) is 0 Å². The van der Waals surface area contributed by atoms with Gasteiger partial charge < -0.3 is 25.4 Å². The van der Waals surface area contributed by atoms with Crippen LogP contribution in [0.1, 0.15) is 24.5 Å². The molecule has 1 aromatic carbocycles. The lowest BCUT2D eigenvalue weighted by Crippen LogP contribution is -2.45. The summed E-state index contributed by atoms with van der Waals surface area (Å²) in [6.45, 7) is 2.55. The second-order valence-electron chi connectivity index (χ2n) is 8.02. The zero-order valence-corrected chi connectivity index (χ0v) is 18.2. The van der Waals surface area contributed by atoms with Gasteiger partial charge >= 0.3 is 0 Å². The Hall–Kier alpha value is -3.07. The van der Waals surface area contributed by atoms with E-state index in [1.165, 1.54) is 0 Å². The van der Waals surface area contributed by atoms with Crippen molar-refractivity contribution >= 4 is 22.6 Å². The van der Waals surface area contributed by atoms with E-state index in [0.717, 1.165) is 42.4 Å². The Morgan fingerprint density at radius 3 is 2.81 bits per heavy atom. The molecule has 1 saturated heterocycles. The first-order valence-electron chi connectivity index (χ1n) is 10.9. The molecule has 32 heavy (non-hydrogen) atoms. The van der Waals surface area contributed by atoms with Crippen molar-refractivity contribution in [1.29, 1.82) is 0 Å². The molecule has 0 spiro atoms. The number of hydrogen-bond donors (Lipinski definition) is 3. The van der Waals surface area contributed by atoms with Gasteiger partial charge in [0.25, 0.3) is 0 Å². The highest BCUT2D eigenvalue weighted by Crippen LogP contribution is 2.27. The van der Waals surface area contributed by atoms with Crippen molar-refractivity contribution in [3.8, 4) is 5.75 Å². The molecule has 168 valence electrons. The molecule has 8 heteroatoms. The highest BCUT2D eigenvalue weighted by Gasteiger charge is 2.23. The molecule has 1 aliphatic heterocycles. The Labute approximate surface area is 187 Å². The van der Waals surface area contributed by atoms with Crippen LogP contribution >= 0.6 is 0 Å². The fourth-order valence-electron chi connectivity index (χ4n) is 4.08. The number of likely N-dealkylation sites (tertiary alicyclic amines) is 1. The van der Waals surface area contributed by atoms with Crippen molar-refractivity contribution in [2.24, 2.45) is 0 Å². The smallest absolute Gasteiger partial charge is 0.239 e. The zero-order valence-electron chi connectivity index (χ0n) is 18.2. The maximum atomic E-state index is 12.1. The number of ether oxygens (including phenoxy) is 1. The summed E-state index contributed by atoms with van der Waals surface area (Å²) in [6, 6.07) is 13.4. The van der Waals surface area contributed by atoms with Gasteiger partial charge in [-0.25, -0.2) is 4.98 Å². The van der Waals surface area contributed by atoms with Crippen LogP contribution in [-0.4, -0.2) is 65.2 Å². The topological polar surface area (TPSA) is 99.6 Å². The fourth-order valence-corrected chi connectivity index (χ4v) is 4.08. The van der Waals surface area contributed by atoms with E-state index in [-0.39, 0.29) is 18.5 Å². The summed E-state index contributed by atoms with van der Waals surface area (Å²) in [6.07, 6.45) is 4.58. The van der Waals surface area contributed by atoms with Crippen LogP contribution in [0.4, 0.5) is 5.82 Å². The van der Waals surface area contributed by atoms with Crippen LogP contribution in [0.3, 0.4) is 0 Å². The normalized spacial score (nSPS) is 16.1. The Morgan fingerprint density at radius 1 is 1.22 bits per heavy atom. The highest BCUT2D eigenvalue weighted by molar-refractivity contribution is 5.91. The molecule has 0 bridgehead atoms. The van der Waals surface area contributed by atoms with Gasteiger partial charge in [-0.05, 0) is 55.8 Å². The van der Waals surface area contributed by atoms with Crippen molar-refractivity contribution < 1.29 is 14.6 Å². The van der Waals surface area contributed by atoms with Gasteiger partial charge in [0.15, 0.2) is 0 Å². The van der Waals surface area contributed by atoms with Crippen molar-refractivity contribution in [3.05, 3.63) is 60.4 Å². The van der Waals surface area contributed by atoms with E-state index < -0.39 is 6.10 Å². The number of nitrogens with one attached hydrogen (secondary N) is 2. The maximum absolute atomic E-state index is 12.1. The quantitative estimate of drug-likeness (QED) is 0.499. The summed E-state index contributed by atoms with van der Waals surface area (Å²) < 4.78 is 5.30. The molecule has 4 rings (SSSR count). The number of pyridine rings is 2. The summed E-state index contributed by atoms with van der Waals surface area (Å²) >= 11 is 0. The molecule has 1 atom stereocenters. The van der Waals surface area contributed by atoms with Crippen LogP contribution in [-0.2, 0) is 4.79 Å². The standard InChI is InChI=1S/C24H29N5O3/c1-32-18-13-20-19(5-4-6-21(20)27-14-18)22(30)16-29-11-8-17(9-12-29)26-15-24(31)28-23-7-2-3-10-25-23/h2-7,10,13-14,17,22,26,30H,8-9,11-12,15-16H2,1H3,(H,25,28,31). The van der Waals surface area contributed by atoms with E-state index in [2.05, 4.69) is 25.5 Å². The summed E-state index contributed by atoms with van der Waals surface area (Å²) in [7, 11) is 1.61. The third-order valence-corrected chi connectivity index (χ3v) is 5.83. The van der Waals surface area contributed by atoms with Gasteiger partial charge in [-0.3, -0.25) is 9.78 Å². The molecule has 0 aliphatic carbocycles. The first kappa shape index (κ1) is 22.1. The number of aromatic nitrogens is 2. The van der Waals surface area contributed by atoms with E-state index in [9.17, 15) is 9.90 Å². The number of nitrogens with zero attached hydrogens (tertiary/aromatic N) is 3. The Bertz CT molecular complexity index is 1040. The first-order valence-corrected chi connectivity index (χ1v) is 10.9. The number of piperidine rings is 1. The fraction of sp³-hybridized carbons (Fsp3) is 0.375. The van der Waals surface area contributed by atoms with Crippen LogP contribution < -0.4 is 15.4 Å². The van der Waals surface area contributed by atoms with E-state index in [4.69, 9.17) is 4.74 Å². The SMILES string of the molecule is COc1cnc2cccc(C(O)CN3CCC(NCC(=O)Nc4ccccn4)CC3)c2c1. The second kappa shape index (κ2) is 10.5. The number of methoxy groups -OCH3 is 1. The molecule has 1 amide bonds. The molecule has 2 aromatic heterocycles. The number of aliphatic hydroxyl groups is 1. The number of carbonyl (C=O) groups is 1. The van der Waals surface area contributed by atoms with Gasteiger partial charge in [0.05, 0.1) is 31.5 Å². The number of hydrogen-bond acceptors (Lipinski definition) is 7. The third kappa shape index (κ3) is 5.59. The summed E-state index contributed by atoms with van der Waals surface area (Å²) in [5, 5.41) is 18.0. The maximum Gasteiger partial charge on any atom is 0.239 e. The van der Waals surface area contributed by atoms with Crippen molar-refractivity contribution in [2.75, 3.05) is 38.6 Å². The minimum atomic E-state index is -0.610. The van der Waals surface area contributed by atoms with Gasteiger partial charge in [-0.1, -0.05) is 18.2 Å². The largest absolute Gasteiger partial charge is 0.495 e. The molecule has 3 heterocycles. The molecule has 3 N–H and O–H groups in total. The molecular formula is C24H29N5O3. The number of benzene rings is 1. The lowest BCUT2D eigenvalue weighted by molar-refractivity contribution is -0.115. The third-order valence-electron chi connectivity index (χ3n) is 5.83. The number of amides is 1. The number of carbonyl (C=O) groups excluding carboxylic acids is 1. The van der Waals surface area contributed by atoms with E-state index >= 15 is 0 Å². The molecule has 0 saturated carbocycles. The number of β-amino-alcohol motifs (C(OH)–C–C–N with tert-alkyl or cyclic N) is 1. The van der Waals surface area contributed by atoms with E-state index in [1.54, 1.807) is 25.6 Å². The van der Waals surface area contributed by atoms with Gasteiger partial charge in [0, 0.05) is 24.2 Å². The average Bonchev–Trinajstić information content (AvgIpc) is 2.83. The molecule has 0 radical (unpaired) electrons. The number of aliphatic hydroxyl groups excluding tert-OH is 1. The van der Waals surface area contributed by atoms with Crippen LogP contribution in [0.5, 0.6) is 5.75 Å². The van der Waals surface area contributed by atoms with Gasteiger partial charge in [0.1, 0.15) is 11.6 Å². The second-order valence-corrected chi connectivity index (χ2v) is 8.02. The molecule has 3 aromatic rings. The van der Waals surface area contributed by atoms with Crippen molar-refractivity contribution in [3.63, 3.8) is 0 Å². The van der Waals surface area contributed by atoms with Gasteiger partial charge in [-0.2, -0.15) is 0 Å². The minimum Gasteiger partial charge on any atom is -0.495 e. The lowest BCUT2D eigenvalue weighted by atomic mass is 10.0. The van der Waals surface area contributed by atoms with Gasteiger partial charge in [-0.15, -0.1) is 0 Å². The number of fused-ring (bicyclic) bond motifs is 1. The Morgan fingerprint density at radius 2 is 2.06 bits per heavy atom. The predicted molar refractivity (Wildman–Crippen MR) is 124 cm³/mol.